The minimum Gasteiger partial charge on any atom is -0.379 e. The fourth-order valence-corrected chi connectivity index (χ4v) is 5.68. The molecule has 0 atom stereocenters. The third-order valence-corrected chi connectivity index (χ3v) is 7.60. The van der Waals surface area contributed by atoms with Gasteiger partial charge in [-0.05, 0) is 36.8 Å². The number of nitrogens with one attached hydrogen (secondary N) is 1. The zero-order valence-electron chi connectivity index (χ0n) is 15.1. The molecular formula is C18H16Cl3FN2O3S2. The number of sulfonamides is 1. The van der Waals surface area contributed by atoms with Crippen LogP contribution in [0, 0.1) is 12.7 Å². The average molecular weight is 498 g/mol. The first kappa shape index (κ1) is 22.7. The molecule has 1 heterocycles. The van der Waals surface area contributed by atoms with E-state index in [0.717, 1.165) is 0 Å². The highest BCUT2D eigenvalue weighted by atomic mass is 35.5. The van der Waals surface area contributed by atoms with Crippen molar-refractivity contribution in [2.24, 2.45) is 0 Å². The van der Waals surface area contributed by atoms with Crippen LogP contribution in [-0.4, -0.2) is 44.0 Å². The van der Waals surface area contributed by atoms with E-state index < -0.39 is 15.8 Å². The van der Waals surface area contributed by atoms with Gasteiger partial charge in [0.1, 0.15) is 15.7 Å². The summed E-state index contributed by atoms with van der Waals surface area (Å²) in [5, 5.41) is 3.02. The van der Waals surface area contributed by atoms with E-state index in [1.54, 1.807) is 6.92 Å². The Morgan fingerprint density at radius 3 is 2.38 bits per heavy atom. The number of ether oxygens (including phenoxy) is 1. The van der Waals surface area contributed by atoms with Crippen LogP contribution in [-0.2, 0) is 14.8 Å². The fourth-order valence-electron chi connectivity index (χ4n) is 2.82. The SMILES string of the molecule is Cc1cc(NC(=S)c2cc(S(=O)(=O)N3CCOCC3)c(Cl)cc2Cl)cc(Cl)c1F. The molecule has 1 N–H and O–H groups in total. The second kappa shape index (κ2) is 9.01. The van der Waals surface area contributed by atoms with Gasteiger partial charge in [0.05, 0.1) is 28.3 Å². The Morgan fingerprint density at radius 1 is 1.10 bits per heavy atom. The normalized spacial score (nSPS) is 15.3. The van der Waals surface area contributed by atoms with Crippen LogP contribution < -0.4 is 5.32 Å². The number of benzene rings is 2. The number of morpholine rings is 1. The molecule has 2 aromatic carbocycles. The minimum absolute atomic E-state index is 0.00582. The molecule has 0 unspecified atom stereocenters. The molecule has 1 aliphatic rings. The number of halogens is 4. The topological polar surface area (TPSA) is 58.6 Å². The van der Waals surface area contributed by atoms with E-state index in [2.05, 4.69) is 5.32 Å². The summed E-state index contributed by atoms with van der Waals surface area (Å²) in [6.07, 6.45) is 0. The van der Waals surface area contributed by atoms with Crippen LogP contribution in [0.15, 0.2) is 29.2 Å². The van der Waals surface area contributed by atoms with Gasteiger partial charge in [0.15, 0.2) is 0 Å². The highest BCUT2D eigenvalue weighted by molar-refractivity contribution is 7.89. The molecule has 11 heteroatoms. The van der Waals surface area contributed by atoms with E-state index in [0.29, 0.717) is 24.5 Å². The lowest BCUT2D eigenvalue weighted by molar-refractivity contribution is 0.0730. The third-order valence-electron chi connectivity index (χ3n) is 4.32. The molecule has 5 nitrogen and oxygen atoms in total. The highest BCUT2D eigenvalue weighted by Gasteiger charge is 2.29. The number of hydrogen-bond acceptors (Lipinski definition) is 4. The zero-order valence-corrected chi connectivity index (χ0v) is 19.0. The maximum atomic E-state index is 13.7. The van der Waals surface area contributed by atoms with Gasteiger partial charge in [-0.15, -0.1) is 0 Å². The zero-order chi connectivity index (χ0) is 21.3. The predicted octanol–water partition coefficient (Wildman–Crippen LogP) is 4.90. The molecule has 0 saturated carbocycles. The quantitative estimate of drug-likeness (QED) is 0.609. The summed E-state index contributed by atoms with van der Waals surface area (Å²) >= 11 is 23.7. The van der Waals surface area contributed by atoms with E-state index in [-0.39, 0.29) is 43.6 Å². The number of thiocarbonyl (C=S) groups is 1. The van der Waals surface area contributed by atoms with Crippen LogP contribution in [0.1, 0.15) is 11.1 Å². The van der Waals surface area contributed by atoms with Gasteiger partial charge in [0, 0.05) is 24.3 Å². The van der Waals surface area contributed by atoms with Gasteiger partial charge in [-0.25, -0.2) is 12.8 Å². The summed E-state index contributed by atoms with van der Waals surface area (Å²) in [7, 11) is -3.85. The first-order chi connectivity index (χ1) is 13.6. The van der Waals surface area contributed by atoms with Crippen molar-refractivity contribution in [3.63, 3.8) is 0 Å². The van der Waals surface area contributed by atoms with Crippen molar-refractivity contribution in [2.75, 3.05) is 31.6 Å². The molecule has 156 valence electrons. The molecule has 1 aliphatic heterocycles. The molecule has 0 aliphatic carbocycles. The maximum Gasteiger partial charge on any atom is 0.244 e. The molecule has 0 aromatic heterocycles. The van der Waals surface area contributed by atoms with Gasteiger partial charge < -0.3 is 10.1 Å². The summed E-state index contributed by atoms with van der Waals surface area (Å²) in [6.45, 7) is 2.64. The lowest BCUT2D eigenvalue weighted by atomic mass is 10.2. The lowest BCUT2D eigenvalue weighted by Crippen LogP contribution is -2.40. The number of nitrogens with zero attached hydrogens (tertiary/aromatic N) is 1. The second-order valence-electron chi connectivity index (χ2n) is 6.32. The molecule has 0 spiro atoms. The molecule has 3 rings (SSSR count). The Morgan fingerprint density at radius 2 is 1.76 bits per heavy atom. The van der Waals surface area contributed by atoms with Crippen molar-refractivity contribution in [2.45, 2.75) is 11.8 Å². The Balaban J connectivity index is 1.96. The van der Waals surface area contributed by atoms with Gasteiger partial charge in [-0.3, -0.25) is 0 Å². The summed E-state index contributed by atoms with van der Waals surface area (Å²) < 4.78 is 46.2. The number of aryl methyl sites for hydroxylation is 1. The smallest absolute Gasteiger partial charge is 0.244 e. The molecular weight excluding hydrogens is 482 g/mol. The summed E-state index contributed by atoms with van der Waals surface area (Å²) in [5.41, 5.74) is 1.05. The Kier molecular flexibility index (Phi) is 7.05. The minimum atomic E-state index is -3.85. The van der Waals surface area contributed by atoms with Gasteiger partial charge in [0.25, 0.3) is 0 Å². The third kappa shape index (κ3) is 4.85. The Hall–Kier alpha value is -1.00. The van der Waals surface area contributed by atoms with Gasteiger partial charge in [0.2, 0.25) is 10.0 Å². The van der Waals surface area contributed by atoms with Crippen molar-refractivity contribution >= 4 is 67.7 Å². The molecule has 29 heavy (non-hydrogen) atoms. The molecule has 2 aromatic rings. The Labute approximate surface area is 188 Å². The summed E-state index contributed by atoms with van der Waals surface area (Å²) in [5.74, 6) is -0.522. The average Bonchev–Trinajstić information content (AvgIpc) is 2.66. The molecule has 1 fully saturated rings. The molecule has 0 radical (unpaired) electrons. The predicted molar refractivity (Wildman–Crippen MR) is 118 cm³/mol. The van der Waals surface area contributed by atoms with E-state index in [1.165, 1.54) is 28.6 Å². The van der Waals surface area contributed by atoms with E-state index in [1.807, 2.05) is 0 Å². The molecule has 0 bridgehead atoms. The molecule has 0 amide bonds. The van der Waals surface area contributed by atoms with Crippen LogP contribution in [0.2, 0.25) is 15.1 Å². The number of rotatable bonds is 4. The largest absolute Gasteiger partial charge is 0.379 e. The van der Waals surface area contributed by atoms with Gasteiger partial charge in [-0.2, -0.15) is 4.31 Å². The monoisotopic (exact) mass is 496 g/mol. The van der Waals surface area contributed by atoms with Crippen molar-refractivity contribution in [3.8, 4) is 0 Å². The van der Waals surface area contributed by atoms with E-state index >= 15 is 0 Å². The standard InChI is InChI=1S/C18H16Cl3FN2O3S2/c1-10-6-11(7-15(21)17(10)22)23-18(28)12-8-16(14(20)9-13(12)19)29(25,26)24-2-4-27-5-3-24/h6-9H,2-5H2,1H3,(H,23,28). The number of anilines is 1. The first-order valence-electron chi connectivity index (χ1n) is 8.45. The number of hydrogen-bond donors (Lipinski definition) is 1. The van der Waals surface area contributed by atoms with Crippen molar-refractivity contribution in [3.05, 3.63) is 56.3 Å². The van der Waals surface area contributed by atoms with Crippen molar-refractivity contribution < 1.29 is 17.5 Å². The van der Waals surface area contributed by atoms with Gasteiger partial charge >= 0.3 is 0 Å². The highest BCUT2D eigenvalue weighted by Crippen LogP contribution is 2.32. The van der Waals surface area contributed by atoms with E-state index in [9.17, 15) is 12.8 Å². The maximum absolute atomic E-state index is 13.7. The van der Waals surface area contributed by atoms with Crippen LogP contribution in [0.4, 0.5) is 10.1 Å². The van der Waals surface area contributed by atoms with Crippen molar-refractivity contribution in [1.82, 2.24) is 4.31 Å². The first-order valence-corrected chi connectivity index (χ1v) is 11.4. The van der Waals surface area contributed by atoms with Crippen LogP contribution in [0.3, 0.4) is 0 Å². The van der Waals surface area contributed by atoms with E-state index in [4.69, 9.17) is 51.8 Å². The van der Waals surface area contributed by atoms with Crippen LogP contribution >= 0.6 is 47.0 Å². The fraction of sp³-hybridized carbons (Fsp3) is 0.278. The summed E-state index contributed by atoms with van der Waals surface area (Å²) in [4.78, 5) is 0.0464. The lowest BCUT2D eigenvalue weighted by Gasteiger charge is -2.26. The van der Waals surface area contributed by atoms with Crippen LogP contribution in [0.5, 0.6) is 0 Å². The summed E-state index contributed by atoms with van der Waals surface area (Å²) in [6, 6.07) is 5.58. The Bertz CT molecular complexity index is 1050. The molecule has 1 saturated heterocycles. The van der Waals surface area contributed by atoms with Gasteiger partial charge in [-0.1, -0.05) is 47.0 Å². The second-order valence-corrected chi connectivity index (χ2v) is 9.86. The van der Waals surface area contributed by atoms with Crippen molar-refractivity contribution in [1.29, 1.82) is 0 Å². The van der Waals surface area contributed by atoms with Crippen LogP contribution in [0.25, 0.3) is 0 Å².